The molecule has 41 heavy (non-hydrogen) atoms. The minimum Gasteiger partial charge on any atom is -0.455 e. The molecule has 3 nitrogen and oxygen atoms in total. The molecule has 1 fully saturated rings. The maximum Gasteiger partial charge on any atom is 0.328 e. The second kappa shape index (κ2) is 8.39. The molecule has 3 aromatic heterocycles. The van der Waals surface area contributed by atoms with Crippen LogP contribution < -0.4 is 10.7 Å². The Balaban J connectivity index is 0.00000125. The number of aromatic nitrogens is 1. The third-order valence-corrected chi connectivity index (χ3v) is 10.2. The first-order valence-electron chi connectivity index (χ1n) is 15.3. The van der Waals surface area contributed by atoms with Gasteiger partial charge in [-0.25, -0.2) is 0 Å². The summed E-state index contributed by atoms with van der Waals surface area (Å²) in [5, 5.41) is 8.95. The van der Waals surface area contributed by atoms with Gasteiger partial charge < -0.3 is 13.5 Å². The zero-order chi connectivity index (χ0) is 28.3. The fourth-order valence-electron chi connectivity index (χ4n) is 7.53. The van der Waals surface area contributed by atoms with Gasteiger partial charge in [0.05, 0.1) is 22.2 Å². The highest BCUT2D eigenvalue weighted by Crippen LogP contribution is 2.46. The lowest BCUT2D eigenvalue weighted by molar-refractivity contribution is 0.0375. The molecule has 0 bridgehead atoms. The first-order valence-corrected chi connectivity index (χ1v) is 15.3. The van der Waals surface area contributed by atoms with Crippen molar-refractivity contribution in [3.05, 3.63) is 77.5 Å². The molecule has 0 saturated carbocycles. The SMILES string of the molecule is CC.CC1(C)CB(c2ccc3c(c2)oc2c3ccc3ccc4c(c5c6c(c7ccccc7n64)=CCC5)c32)OC1(C)C. The summed E-state index contributed by atoms with van der Waals surface area (Å²) in [4.78, 5) is 0. The van der Waals surface area contributed by atoms with E-state index in [0.29, 0.717) is 0 Å². The molecule has 0 unspecified atom stereocenters. The monoisotopic (exact) mass is 537 g/mol. The fraction of sp³-hybridized carbons (Fsp3) is 0.297. The van der Waals surface area contributed by atoms with E-state index in [1.54, 1.807) is 0 Å². The van der Waals surface area contributed by atoms with Crippen molar-refractivity contribution in [2.75, 3.05) is 0 Å². The number of nitrogens with zero attached hydrogens (tertiary/aromatic N) is 1. The first-order chi connectivity index (χ1) is 19.8. The summed E-state index contributed by atoms with van der Waals surface area (Å²) in [5.74, 6) is 0. The predicted molar refractivity (Wildman–Crippen MR) is 176 cm³/mol. The molecule has 7 aromatic rings. The van der Waals surface area contributed by atoms with Crippen molar-refractivity contribution < 1.29 is 9.07 Å². The topological polar surface area (TPSA) is 26.8 Å². The zero-order valence-electron chi connectivity index (χ0n) is 24.9. The summed E-state index contributed by atoms with van der Waals surface area (Å²) < 4.78 is 15.9. The van der Waals surface area contributed by atoms with Gasteiger partial charge in [0, 0.05) is 32.1 Å². The average Bonchev–Trinajstić information content (AvgIpc) is 3.68. The number of fused-ring (bicyclic) bond motifs is 12. The number of furan rings is 1. The van der Waals surface area contributed by atoms with Gasteiger partial charge in [-0.3, -0.25) is 0 Å². The molecule has 0 radical (unpaired) electrons. The van der Waals surface area contributed by atoms with Crippen molar-refractivity contribution in [1.82, 2.24) is 4.40 Å². The van der Waals surface area contributed by atoms with Gasteiger partial charge in [0.25, 0.3) is 0 Å². The normalized spacial score (nSPS) is 17.7. The molecule has 1 aliphatic heterocycles. The third kappa shape index (κ3) is 3.20. The second-order valence-electron chi connectivity index (χ2n) is 12.9. The van der Waals surface area contributed by atoms with E-state index in [9.17, 15) is 0 Å². The molecule has 0 atom stereocenters. The predicted octanol–water partition coefficient (Wildman–Crippen LogP) is 8.80. The van der Waals surface area contributed by atoms with E-state index in [1.165, 1.54) is 65.1 Å². The van der Waals surface area contributed by atoms with Crippen LogP contribution in [0.15, 0.2) is 71.1 Å². The van der Waals surface area contributed by atoms with Crippen LogP contribution >= 0.6 is 0 Å². The molecule has 1 saturated heterocycles. The van der Waals surface area contributed by atoms with Crippen LogP contribution in [0.4, 0.5) is 0 Å². The number of rotatable bonds is 1. The van der Waals surface area contributed by atoms with Gasteiger partial charge in [-0.15, -0.1) is 0 Å². The van der Waals surface area contributed by atoms with Gasteiger partial charge in [-0.1, -0.05) is 76.2 Å². The van der Waals surface area contributed by atoms with E-state index in [-0.39, 0.29) is 17.9 Å². The van der Waals surface area contributed by atoms with Crippen molar-refractivity contribution in [3.63, 3.8) is 0 Å². The lowest BCUT2D eigenvalue weighted by Crippen LogP contribution is -2.36. The van der Waals surface area contributed by atoms with Crippen LogP contribution in [0.25, 0.3) is 66.1 Å². The molecule has 4 heterocycles. The summed E-state index contributed by atoms with van der Waals surface area (Å²) in [7, 11) is 0. The second-order valence-corrected chi connectivity index (χ2v) is 12.9. The van der Waals surface area contributed by atoms with Gasteiger partial charge in [-0.05, 0) is 79.1 Å². The van der Waals surface area contributed by atoms with Gasteiger partial charge in [0.2, 0.25) is 0 Å². The summed E-state index contributed by atoms with van der Waals surface area (Å²) >= 11 is 0. The Morgan fingerprint density at radius 1 is 0.805 bits per heavy atom. The zero-order valence-corrected chi connectivity index (χ0v) is 24.9. The average molecular weight is 538 g/mol. The van der Waals surface area contributed by atoms with Gasteiger partial charge in [0.15, 0.2) is 0 Å². The van der Waals surface area contributed by atoms with Crippen molar-refractivity contribution >= 4 is 78.5 Å². The van der Waals surface area contributed by atoms with Gasteiger partial charge >= 0.3 is 6.92 Å². The first kappa shape index (κ1) is 25.0. The van der Waals surface area contributed by atoms with Gasteiger partial charge in [0.1, 0.15) is 11.2 Å². The molecule has 9 rings (SSSR count). The van der Waals surface area contributed by atoms with E-state index >= 15 is 0 Å². The fourth-order valence-corrected chi connectivity index (χ4v) is 7.53. The Morgan fingerprint density at radius 2 is 1.59 bits per heavy atom. The highest BCUT2D eigenvalue weighted by Gasteiger charge is 2.49. The quantitative estimate of drug-likeness (QED) is 0.196. The Bertz CT molecular complexity index is 2230. The number of hydrogen-bond donors (Lipinski definition) is 0. The molecular weight excluding hydrogens is 501 g/mol. The van der Waals surface area contributed by atoms with Crippen LogP contribution in [0, 0.1) is 5.41 Å². The minimum atomic E-state index is -0.161. The molecule has 0 N–H and O–H groups in total. The Labute approximate surface area is 240 Å². The van der Waals surface area contributed by atoms with Crippen LogP contribution in [0.1, 0.15) is 53.5 Å². The summed E-state index contributed by atoms with van der Waals surface area (Å²) in [6.45, 7) is 13.1. The molecule has 4 heteroatoms. The minimum absolute atomic E-state index is 0.0836. The summed E-state index contributed by atoms with van der Waals surface area (Å²) in [6, 6.07) is 24.6. The Kier molecular flexibility index (Phi) is 5.12. The lowest BCUT2D eigenvalue weighted by atomic mass is 9.54. The molecule has 0 amide bonds. The third-order valence-electron chi connectivity index (χ3n) is 10.2. The standard InChI is InChI=1S/C35H30BNO2.C2H6/c1-34(2)19-36(39-35(34,3)4)21-14-16-23-25-15-12-20-13-17-28-31(30(20)33(25)38-29(23)18-21)26-10-7-9-24-22-8-5-6-11-27(22)37(28)32(24)26;1-2/h5-6,8-9,11-18H,7,10,19H2,1-4H3;1-2H3. The smallest absolute Gasteiger partial charge is 0.328 e. The lowest BCUT2D eigenvalue weighted by Gasteiger charge is -2.34. The van der Waals surface area contributed by atoms with E-state index in [1.807, 2.05) is 13.8 Å². The summed E-state index contributed by atoms with van der Waals surface area (Å²) in [6.07, 6.45) is 5.56. The van der Waals surface area contributed by atoms with Gasteiger partial charge in [-0.2, -0.15) is 0 Å². The van der Waals surface area contributed by atoms with Crippen LogP contribution in [0.5, 0.6) is 0 Å². The van der Waals surface area contributed by atoms with Crippen molar-refractivity contribution in [3.8, 4) is 0 Å². The van der Waals surface area contributed by atoms with Crippen LogP contribution in [-0.2, 0) is 11.1 Å². The summed E-state index contributed by atoms with van der Waals surface area (Å²) in [5.41, 5.74) is 8.52. The Morgan fingerprint density at radius 3 is 2.39 bits per heavy atom. The maximum absolute atomic E-state index is 6.81. The molecule has 2 aliphatic rings. The van der Waals surface area contributed by atoms with Crippen molar-refractivity contribution in [1.29, 1.82) is 0 Å². The van der Waals surface area contributed by atoms with Crippen molar-refractivity contribution in [2.24, 2.45) is 5.41 Å². The molecule has 0 spiro atoms. The number of hydrogen-bond acceptors (Lipinski definition) is 2. The molecule has 1 aliphatic carbocycles. The van der Waals surface area contributed by atoms with E-state index in [0.717, 1.165) is 30.3 Å². The van der Waals surface area contributed by atoms with E-state index in [4.69, 9.17) is 9.07 Å². The largest absolute Gasteiger partial charge is 0.455 e. The highest BCUT2D eigenvalue weighted by molar-refractivity contribution is 6.68. The molecule has 4 aromatic carbocycles. The Hall–Kier alpha value is -3.76. The number of benzene rings is 4. The van der Waals surface area contributed by atoms with Crippen LogP contribution in [0.3, 0.4) is 0 Å². The molecule has 204 valence electrons. The maximum atomic E-state index is 6.81. The number of aryl methyl sites for hydroxylation is 1. The van der Waals surface area contributed by atoms with Crippen LogP contribution in [0.2, 0.25) is 6.32 Å². The van der Waals surface area contributed by atoms with Crippen molar-refractivity contribution in [2.45, 2.75) is 66.3 Å². The van der Waals surface area contributed by atoms with Crippen LogP contribution in [-0.4, -0.2) is 16.9 Å². The van der Waals surface area contributed by atoms with E-state index < -0.39 is 0 Å². The highest BCUT2D eigenvalue weighted by atomic mass is 16.5. The van der Waals surface area contributed by atoms with E-state index in [2.05, 4.69) is 105 Å². The molecular formula is C37H36BNO2. The number of para-hydroxylation sites is 1.